The van der Waals surface area contributed by atoms with Crippen LogP contribution in [0.3, 0.4) is 0 Å². The van der Waals surface area contributed by atoms with Crippen LogP contribution in [-0.4, -0.2) is 37.1 Å². The predicted octanol–water partition coefficient (Wildman–Crippen LogP) is 1.75. The van der Waals surface area contributed by atoms with Crippen molar-refractivity contribution in [3.8, 4) is 28.6 Å². The highest BCUT2D eigenvalue weighted by Gasteiger charge is 2.13. The van der Waals surface area contributed by atoms with E-state index in [1.54, 1.807) is 49.8 Å². The first-order valence-corrected chi connectivity index (χ1v) is 8.39. The number of nitriles is 1. The average Bonchev–Trinajstić information content (AvgIpc) is 3.38. The van der Waals surface area contributed by atoms with Crippen LogP contribution in [0.5, 0.6) is 5.75 Å². The van der Waals surface area contributed by atoms with Crippen molar-refractivity contribution in [2.45, 2.75) is 6.54 Å². The van der Waals surface area contributed by atoms with Crippen LogP contribution < -0.4 is 10.4 Å². The largest absolute Gasteiger partial charge is 0.496 e. The number of rotatable bonds is 5. The lowest BCUT2D eigenvalue weighted by Crippen LogP contribution is -2.24. The molecule has 0 saturated heterocycles. The maximum Gasteiger partial charge on any atom is 0.368 e. The zero-order chi connectivity index (χ0) is 19.5. The Bertz CT molecular complexity index is 1220. The van der Waals surface area contributed by atoms with Crippen molar-refractivity contribution >= 4 is 0 Å². The standard InChI is InChI=1S/C19H15N7O2/c1-28-18-8-16(5-6-17(18)15-10-21-22-11-15)26-19(27)25(23-24-26)12-14-4-2-3-13(7-14)9-20/h2-8,10-11H,12H2,1H3,(H,21,22). The molecule has 2 heterocycles. The molecule has 2 aromatic heterocycles. The molecule has 0 spiro atoms. The highest BCUT2D eigenvalue weighted by Crippen LogP contribution is 2.30. The maximum absolute atomic E-state index is 12.7. The summed E-state index contributed by atoms with van der Waals surface area (Å²) in [6, 6.07) is 14.4. The molecule has 0 amide bonds. The Labute approximate surface area is 159 Å². The Hall–Kier alpha value is -4.19. The van der Waals surface area contributed by atoms with Crippen LogP contribution in [0.25, 0.3) is 16.8 Å². The molecule has 0 saturated carbocycles. The number of methoxy groups -OCH3 is 1. The van der Waals surface area contributed by atoms with E-state index in [2.05, 4.69) is 26.7 Å². The smallest absolute Gasteiger partial charge is 0.368 e. The third-order valence-corrected chi connectivity index (χ3v) is 4.27. The minimum absolute atomic E-state index is 0.221. The van der Waals surface area contributed by atoms with Gasteiger partial charge < -0.3 is 4.74 Å². The summed E-state index contributed by atoms with van der Waals surface area (Å²) in [6.45, 7) is 0.221. The highest BCUT2D eigenvalue weighted by molar-refractivity contribution is 5.70. The van der Waals surface area contributed by atoms with Crippen molar-refractivity contribution in [1.82, 2.24) is 30.0 Å². The fraction of sp³-hybridized carbons (Fsp3) is 0.105. The zero-order valence-corrected chi connectivity index (χ0v) is 14.9. The van der Waals surface area contributed by atoms with Crippen molar-refractivity contribution in [1.29, 1.82) is 5.26 Å². The van der Waals surface area contributed by atoms with Gasteiger partial charge in [0.25, 0.3) is 0 Å². The lowest BCUT2D eigenvalue weighted by molar-refractivity contribution is 0.416. The van der Waals surface area contributed by atoms with Gasteiger partial charge in [0.1, 0.15) is 5.75 Å². The Morgan fingerprint density at radius 2 is 2.11 bits per heavy atom. The van der Waals surface area contributed by atoms with Crippen LogP contribution >= 0.6 is 0 Å². The quantitative estimate of drug-likeness (QED) is 0.570. The second kappa shape index (κ2) is 7.20. The lowest BCUT2D eigenvalue weighted by atomic mass is 10.1. The maximum atomic E-state index is 12.7. The van der Waals surface area contributed by atoms with Gasteiger partial charge in [-0.05, 0) is 40.3 Å². The summed E-state index contributed by atoms with van der Waals surface area (Å²) < 4.78 is 7.90. The molecule has 9 heteroatoms. The second-order valence-corrected chi connectivity index (χ2v) is 6.01. The van der Waals surface area contributed by atoms with Gasteiger partial charge in [-0.3, -0.25) is 5.10 Å². The average molecular weight is 373 g/mol. The molecule has 0 fully saturated rings. The molecule has 0 unspecified atom stereocenters. The number of benzene rings is 2. The van der Waals surface area contributed by atoms with Crippen molar-refractivity contribution in [3.05, 3.63) is 76.5 Å². The molecule has 2 aromatic carbocycles. The number of nitrogens with zero attached hydrogens (tertiary/aromatic N) is 6. The van der Waals surface area contributed by atoms with E-state index in [4.69, 9.17) is 10.00 Å². The molecule has 28 heavy (non-hydrogen) atoms. The molecular weight excluding hydrogens is 358 g/mol. The number of aromatic nitrogens is 6. The van der Waals surface area contributed by atoms with E-state index in [9.17, 15) is 4.79 Å². The Morgan fingerprint density at radius 1 is 1.21 bits per heavy atom. The summed E-state index contributed by atoms with van der Waals surface area (Å²) in [6.07, 6.45) is 3.45. The first kappa shape index (κ1) is 17.2. The molecule has 0 aliphatic heterocycles. The Morgan fingerprint density at radius 3 is 2.86 bits per heavy atom. The molecule has 9 nitrogen and oxygen atoms in total. The van der Waals surface area contributed by atoms with Gasteiger partial charge in [0.15, 0.2) is 0 Å². The van der Waals surface area contributed by atoms with Crippen LogP contribution in [0, 0.1) is 11.3 Å². The van der Waals surface area contributed by atoms with Crippen LogP contribution in [0.15, 0.2) is 59.7 Å². The molecule has 4 aromatic rings. The van der Waals surface area contributed by atoms with E-state index in [1.165, 1.54) is 9.36 Å². The summed E-state index contributed by atoms with van der Waals surface area (Å²) in [7, 11) is 1.56. The molecule has 0 atom stereocenters. The molecule has 138 valence electrons. The first-order chi connectivity index (χ1) is 13.7. The van der Waals surface area contributed by atoms with Gasteiger partial charge in [-0.2, -0.15) is 19.7 Å². The number of hydrogen-bond acceptors (Lipinski definition) is 6. The summed E-state index contributed by atoms with van der Waals surface area (Å²) in [5, 5.41) is 23.6. The minimum Gasteiger partial charge on any atom is -0.496 e. The molecule has 0 aliphatic carbocycles. The monoisotopic (exact) mass is 373 g/mol. The van der Waals surface area contributed by atoms with Gasteiger partial charge in [-0.1, -0.05) is 12.1 Å². The number of hydrogen-bond donors (Lipinski definition) is 1. The normalized spacial score (nSPS) is 10.6. The summed E-state index contributed by atoms with van der Waals surface area (Å²) in [5.74, 6) is 0.585. The minimum atomic E-state index is -0.388. The molecule has 0 radical (unpaired) electrons. The molecule has 0 bridgehead atoms. The SMILES string of the molecule is COc1cc(-n2nnn(Cc3cccc(C#N)c3)c2=O)ccc1-c1cn[nH]c1. The summed E-state index contributed by atoms with van der Waals surface area (Å²) >= 11 is 0. The fourth-order valence-corrected chi connectivity index (χ4v) is 2.90. The topological polar surface area (TPSA) is 114 Å². The number of ether oxygens (including phenoxy) is 1. The van der Waals surface area contributed by atoms with Crippen LogP contribution in [-0.2, 0) is 6.54 Å². The lowest BCUT2D eigenvalue weighted by Gasteiger charge is -2.08. The second-order valence-electron chi connectivity index (χ2n) is 6.01. The van der Waals surface area contributed by atoms with Crippen molar-refractivity contribution in [2.24, 2.45) is 0 Å². The fourth-order valence-electron chi connectivity index (χ4n) is 2.90. The molecule has 0 aliphatic rings. The van der Waals surface area contributed by atoms with Gasteiger partial charge in [-0.25, -0.2) is 4.79 Å². The number of H-pyrrole nitrogens is 1. The van der Waals surface area contributed by atoms with Gasteiger partial charge in [0.05, 0.1) is 37.2 Å². The highest BCUT2D eigenvalue weighted by atomic mass is 16.5. The zero-order valence-electron chi connectivity index (χ0n) is 14.9. The van der Waals surface area contributed by atoms with E-state index >= 15 is 0 Å². The van der Waals surface area contributed by atoms with E-state index < -0.39 is 0 Å². The van der Waals surface area contributed by atoms with E-state index in [0.717, 1.165) is 16.7 Å². The van der Waals surface area contributed by atoms with E-state index in [1.807, 2.05) is 12.1 Å². The van der Waals surface area contributed by atoms with Crippen LogP contribution in [0.2, 0.25) is 0 Å². The van der Waals surface area contributed by atoms with Crippen LogP contribution in [0.1, 0.15) is 11.1 Å². The third kappa shape index (κ3) is 3.14. The molecular formula is C19H15N7O2. The van der Waals surface area contributed by atoms with E-state index in [0.29, 0.717) is 17.0 Å². The van der Waals surface area contributed by atoms with Gasteiger partial charge >= 0.3 is 5.69 Å². The van der Waals surface area contributed by atoms with Crippen LogP contribution in [0.4, 0.5) is 0 Å². The van der Waals surface area contributed by atoms with Gasteiger partial charge in [-0.15, -0.1) is 0 Å². The molecule has 4 rings (SSSR count). The van der Waals surface area contributed by atoms with Crippen molar-refractivity contribution in [2.75, 3.05) is 7.11 Å². The first-order valence-electron chi connectivity index (χ1n) is 8.39. The van der Waals surface area contributed by atoms with Crippen molar-refractivity contribution < 1.29 is 4.74 Å². The number of nitrogens with one attached hydrogen (secondary N) is 1. The Kier molecular flexibility index (Phi) is 4.43. The van der Waals surface area contributed by atoms with Gasteiger partial charge in [0.2, 0.25) is 0 Å². The third-order valence-electron chi connectivity index (χ3n) is 4.27. The van der Waals surface area contributed by atoms with E-state index in [-0.39, 0.29) is 12.2 Å². The van der Waals surface area contributed by atoms with Crippen molar-refractivity contribution in [3.63, 3.8) is 0 Å². The number of tetrazole rings is 1. The van der Waals surface area contributed by atoms with Gasteiger partial charge in [0, 0.05) is 23.4 Å². The summed E-state index contributed by atoms with van der Waals surface area (Å²) in [4.78, 5) is 12.7. The predicted molar refractivity (Wildman–Crippen MR) is 100 cm³/mol. The number of aromatic amines is 1. The molecule has 1 N–H and O–H groups in total. The Balaban J connectivity index is 1.67. The summed E-state index contributed by atoms with van der Waals surface area (Å²) in [5.41, 5.74) is 3.18.